The van der Waals surface area contributed by atoms with Crippen molar-refractivity contribution in [2.24, 2.45) is 11.8 Å². The van der Waals surface area contributed by atoms with Gasteiger partial charge in [0.15, 0.2) is 0 Å². The molecule has 5 heterocycles. The van der Waals surface area contributed by atoms with Gasteiger partial charge in [0.05, 0.1) is 28.7 Å². The molecule has 0 saturated carbocycles. The van der Waals surface area contributed by atoms with Crippen LogP contribution in [0.3, 0.4) is 0 Å². The average molecular weight is 557 g/mol. The van der Waals surface area contributed by atoms with E-state index in [1.54, 1.807) is 14.5 Å². The SMILES string of the molecule is O=C1C2N(CCO)C(=O)[C@@H]3[C@H]4C(=O)N(c5ccccc5)CC=C[C@H]4S[C@]23C=CCN1Cn1nnc2ccccc21. The number of hydrogen-bond donors (Lipinski definition) is 1. The third kappa shape index (κ3) is 3.64. The van der Waals surface area contributed by atoms with Crippen LogP contribution >= 0.6 is 11.8 Å². The molecular weight excluding hydrogens is 528 g/mol. The van der Waals surface area contributed by atoms with Crippen LogP contribution in [0.1, 0.15) is 0 Å². The van der Waals surface area contributed by atoms with Crippen LogP contribution in [0.25, 0.3) is 11.0 Å². The number of likely N-dealkylation sites (tertiary alicyclic amines) is 1. The quantitative estimate of drug-likeness (QED) is 0.476. The third-order valence-corrected chi connectivity index (χ3v) is 10.1. The van der Waals surface area contributed by atoms with Crippen molar-refractivity contribution in [1.29, 1.82) is 0 Å². The minimum Gasteiger partial charge on any atom is -0.395 e. The molecule has 3 amide bonds. The van der Waals surface area contributed by atoms with Gasteiger partial charge in [-0.1, -0.05) is 59.8 Å². The Morgan fingerprint density at radius 2 is 1.75 bits per heavy atom. The van der Waals surface area contributed by atoms with Crippen LogP contribution in [0.5, 0.6) is 0 Å². The zero-order valence-electron chi connectivity index (χ0n) is 21.6. The third-order valence-electron chi connectivity index (χ3n) is 8.38. The summed E-state index contributed by atoms with van der Waals surface area (Å²) in [7, 11) is 0. The Labute approximate surface area is 234 Å². The van der Waals surface area contributed by atoms with Crippen LogP contribution in [0, 0.1) is 11.8 Å². The van der Waals surface area contributed by atoms with Crippen molar-refractivity contribution in [2.75, 3.05) is 31.1 Å². The highest BCUT2D eigenvalue weighted by molar-refractivity contribution is 8.02. The van der Waals surface area contributed by atoms with E-state index >= 15 is 0 Å². The Morgan fingerprint density at radius 3 is 2.58 bits per heavy atom. The molecule has 204 valence electrons. The second-order valence-corrected chi connectivity index (χ2v) is 12.0. The number of nitrogens with zero attached hydrogens (tertiary/aromatic N) is 6. The number of aliphatic hydroxyl groups is 1. The number of amides is 3. The number of aliphatic hydroxyl groups excluding tert-OH is 1. The number of fused-ring (bicyclic) bond motifs is 3. The minimum atomic E-state index is -0.933. The summed E-state index contributed by atoms with van der Waals surface area (Å²) in [6, 6.07) is 16.2. The van der Waals surface area contributed by atoms with Crippen molar-refractivity contribution in [3.8, 4) is 0 Å². The molecule has 7 rings (SSSR count). The molecule has 4 aliphatic heterocycles. The molecule has 3 aromatic rings. The zero-order valence-corrected chi connectivity index (χ0v) is 22.4. The molecule has 11 heteroatoms. The lowest BCUT2D eigenvalue weighted by Gasteiger charge is -2.35. The lowest BCUT2D eigenvalue weighted by molar-refractivity contribution is -0.143. The average Bonchev–Trinajstić information content (AvgIpc) is 3.52. The smallest absolute Gasteiger partial charge is 0.248 e. The molecule has 2 saturated heterocycles. The summed E-state index contributed by atoms with van der Waals surface area (Å²) in [6.07, 6.45) is 7.91. The predicted octanol–water partition coefficient (Wildman–Crippen LogP) is 1.68. The highest BCUT2D eigenvalue weighted by atomic mass is 32.2. The molecule has 5 atom stereocenters. The van der Waals surface area contributed by atoms with Crippen LogP contribution in [-0.4, -0.2) is 89.9 Å². The summed E-state index contributed by atoms with van der Waals surface area (Å²) in [6.45, 7) is 0.655. The standard InChI is InChI=1S/C29H28N6O4S/c36-17-16-34-25-28(39)32(18-35-21-11-5-4-10-20(21)30-31-35)14-7-13-29(25)24(27(34)38)23-22(40-29)12-6-15-33(26(23)37)19-8-2-1-3-9-19/h1-13,22-25,36H,14-18H2/t22-,23+,24+,25?,29+/m1/s1. The Kier molecular flexibility index (Phi) is 6.01. The maximum atomic E-state index is 14.3. The van der Waals surface area contributed by atoms with Gasteiger partial charge in [-0.3, -0.25) is 14.4 Å². The van der Waals surface area contributed by atoms with Gasteiger partial charge in [-0.2, -0.15) is 0 Å². The highest BCUT2D eigenvalue weighted by Crippen LogP contribution is 2.61. The van der Waals surface area contributed by atoms with Crippen molar-refractivity contribution < 1.29 is 19.5 Å². The summed E-state index contributed by atoms with van der Waals surface area (Å²) in [5.41, 5.74) is 2.31. The van der Waals surface area contributed by atoms with Gasteiger partial charge in [0.1, 0.15) is 18.2 Å². The second kappa shape index (κ2) is 9.60. The lowest BCUT2D eigenvalue weighted by atomic mass is 9.78. The minimum absolute atomic E-state index is 0.0196. The van der Waals surface area contributed by atoms with Gasteiger partial charge in [-0.05, 0) is 24.3 Å². The largest absolute Gasteiger partial charge is 0.395 e. The van der Waals surface area contributed by atoms with Crippen molar-refractivity contribution in [3.05, 3.63) is 78.9 Å². The highest BCUT2D eigenvalue weighted by Gasteiger charge is 2.71. The Balaban J connectivity index is 1.27. The molecule has 1 N–H and O–H groups in total. The summed E-state index contributed by atoms with van der Waals surface area (Å²) in [5.74, 6) is -1.97. The second-order valence-electron chi connectivity index (χ2n) is 10.5. The monoisotopic (exact) mass is 556 g/mol. The van der Waals surface area contributed by atoms with E-state index in [1.165, 1.54) is 16.7 Å². The van der Waals surface area contributed by atoms with Crippen molar-refractivity contribution in [1.82, 2.24) is 24.8 Å². The summed E-state index contributed by atoms with van der Waals surface area (Å²) < 4.78 is 0.747. The molecule has 1 aromatic heterocycles. The number of anilines is 1. The first kappa shape index (κ1) is 25.0. The number of benzene rings is 2. The van der Waals surface area contributed by atoms with Gasteiger partial charge in [0, 0.05) is 30.6 Å². The van der Waals surface area contributed by atoms with Gasteiger partial charge in [-0.15, -0.1) is 16.9 Å². The first-order valence-corrected chi connectivity index (χ1v) is 14.3. The lowest BCUT2D eigenvalue weighted by Crippen LogP contribution is -2.53. The van der Waals surface area contributed by atoms with E-state index in [1.807, 2.05) is 78.9 Å². The Hall–Kier alpha value is -3.96. The van der Waals surface area contributed by atoms with E-state index in [2.05, 4.69) is 10.3 Å². The molecule has 0 radical (unpaired) electrons. The molecule has 4 aliphatic rings. The van der Waals surface area contributed by atoms with E-state index in [0.717, 1.165) is 16.7 Å². The van der Waals surface area contributed by atoms with Crippen LogP contribution in [-0.2, 0) is 21.1 Å². The number of para-hydroxylation sites is 2. The molecule has 10 nitrogen and oxygen atoms in total. The number of carbonyl (C=O) groups excluding carboxylic acids is 3. The molecule has 2 fully saturated rings. The Bertz CT molecular complexity index is 1560. The first-order chi connectivity index (χ1) is 19.5. The van der Waals surface area contributed by atoms with Gasteiger partial charge in [0.25, 0.3) is 0 Å². The number of rotatable bonds is 5. The van der Waals surface area contributed by atoms with Crippen LogP contribution < -0.4 is 4.90 Å². The van der Waals surface area contributed by atoms with E-state index in [9.17, 15) is 19.5 Å². The molecular formula is C29H28N6O4S. The maximum absolute atomic E-state index is 14.3. The maximum Gasteiger partial charge on any atom is 0.248 e. The topological polar surface area (TPSA) is 112 Å². The summed E-state index contributed by atoms with van der Waals surface area (Å²) in [4.78, 5) is 47.5. The number of aromatic nitrogens is 3. The fraction of sp³-hybridized carbons (Fsp3) is 0.345. The number of β-amino-alcohol motifs (C(OH)–C–C–N with tert-alkyl or cyclic N) is 1. The van der Waals surface area contributed by atoms with Crippen LogP contribution in [0.2, 0.25) is 0 Å². The van der Waals surface area contributed by atoms with Gasteiger partial charge >= 0.3 is 0 Å². The van der Waals surface area contributed by atoms with Crippen LogP contribution in [0.4, 0.5) is 5.69 Å². The number of thioether (sulfide) groups is 1. The molecule has 40 heavy (non-hydrogen) atoms. The van der Waals surface area contributed by atoms with E-state index < -0.39 is 22.6 Å². The molecule has 0 aliphatic carbocycles. The first-order valence-electron chi connectivity index (χ1n) is 13.4. The van der Waals surface area contributed by atoms with Crippen molar-refractivity contribution >= 4 is 46.2 Å². The predicted molar refractivity (Wildman–Crippen MR) is 150 cm³/mol. The van der Waals surface area contributed by atoms with E-state index in [0.29, 0.717) is 13.1 Å². The zero-order chi connectivity index (χ0) is 27.4. The molecule has 0 bridgehead atoms. The van der Waals surface area contributed by atoms with Gasteiger partial charge < -0.3 is 19.8 Å². The fourth-order valence-electron chi connectivity index (χ4n) is 6.68. The summed E-state index contributed by atoms with van der Waals surface area (Å²) >= 11 is 1.53. The molecule has 2 aromatic carbocycles. The number of carbonyl (C=O) groups is 3. The summed E-state index contributed by atoms with van der Waals surface area (Å²) in [5, 5.41) is 18.1. The van der Waals surface area contributed by atoms with E-state index in [4.69, 9.17) is 0 Å². The fourth-order valence-corrected chi connectivity index (χ4v) is 8.69. The molecule has 1 unspecified atom stereocenters. The van der Waals surface area contributed by atoms with Crippen LogP contribution in [0.15, 0.2) is 78.9 Å². The normalized spacial score (nSPS) is 29.5. The van der Waals surface area contributed by atoms with Gasteiger partial charge in [0.2, 0.25) is 17.7 Å². The number of hydrogen-bond acceptors (Lipinski definition) is 7. The van der Waals surface area contributed by atoms with E-state index in [-0.39, 0.29) is 42.8 Å². The molecule has 1 spiro atoms. The van der Waals surface area contributed by atoms with Crippen molar-refractivity contribution in [3.63, 3.8) is 0 Å². The van der Waals surface area contributed by atoms with Gasteiger partial charge in [-0.25, -0.2) is 4.68 Å². The Morgan fingerprint density at radius 1 is 0.950 bits per heavy atom. The van der Waals surface area contributed by atoms with Crippen molar-refractivity contribution in [2.45, 2.75) is 22.7 Å².